The predicted octanol–water partition coefficient (Wildman–Crippen LogP) is 15.8. The highest BCUT2D eigenvalue weighted by Crippen LogP contribution is 2.15. The maximum absolute atomic E-state index is 12.7. The fourth-order valence-electron chi connectivity index (χ4n) is 7.26. The van der Waals surface area contributed by atoms with Crippen LogP contribution in [0.15, 0.2) is 12.2 Å². The van der Waals surface area contributed by atoms with Crippen molar-refractivity contribution in [3.63, 3.8) is 0 Å². The van der Waals surface area contributed by atoms with E-state index in [-0.39, 0.29) is 31.1 Å². The Hall–Kier alpha value is -1.85. The molecule has 0 saturated heterocycles. The minimum atomic E-state index is -0.761. The number of carbonyl (C=O) groups is 3. The van der Waals surface area contributed by atoms with Crippen LogP contribution in [0, 0.1) is 0 Å². The molecule has 6 nitrogen and oxygen atoms in total. The van der Waals surface area contributed by atoms with Gasteiger partial charge < -0.3 is 14.2 Å². The van der Waals surface area contributed by atoms with E-state index in [1.165, 1.54) is 173 Å². The van der Waals surface area contributed by atoms with Gasteiger partial charge in [-0.2, -0.15) is 0 Å². The molecule has 0 rings (SSSR count). The minimum absolute atomic E-state index is 0.0662. The molecule has 0 aliphatic rings. The molecule has 0 aromatic carbocycles. The highest BCUT2D eigenvalue weighted by Gasteiger charge is 2.19. The third-order valence-electron chi connectivity index (χ3n) is 11.0. The topological polar surface area (TPSA) is 78.9 Å². The van der Waals surface area contributed by atoms with Gasteiger partial charge in [-0.15, -0.1) is 0 Å². The van der Waals surface area contributed by atoms with E-state index < -0.39 is 6.10 Å². The Morgan fingerprint density at radius 3 is 0.893 bits per heavy atom. The van der Waals surface area contributed by atoms with Crippen molar-refractivity contribution >= 4 is 17.9 Å². The van der Waals surface area contributed by atoms with Gasteiger partial charge >= 0.3 is 17.9 Å². The van der Waals surface area contributed by atoms with E-state index in [4.69, 9.17) is 14.2 Å². The van der Waals surface area contributed by atoms with Gasteiger partial charge in [-0.3, -0.25) is 14.4 Å². The smallest absolute Gasteiger partial charge is 0.306 e. The molecule has 0 radical (unpaired) electrons. The van der Waals surface area contributed by atoms with Crippen LogP contribution in [-0.4, -0.2) is 37.2 Å². The molecule has 0 aliphatic carbocycles. The number of allylic oxidation sites excluding steroid dienone is 2. The summed E-state index contributed by atoms with van der Waals surface area (Å²) in [6.07, 6.45) is 49.1. The quantitative estimate of drug-likeness (QED) is 0.0264. The fourth-order valence-corrected chi connectivity index (χ4v) is 7.26. The molecule has 1 unspecified atom stereocenters. The first kappa shape index (κ1) is 54.2. The van der Waals surface area contributed by atoms with Gasteiger partial charge in [0, 0.05) is 19.3 Å². The molecule has 56 heavy (non-hydrogen) atoms. The molecule has 0 spiro atoms. The summed E-state index contributed by atoms with van der Waals surface area (Å²) in [5, 5.41) is 0. The molecule has 0 heterocycles. The lowest BCUT2D eigenvalue weighted by Crippen LogP contribution is -2.30. The molecular weight excluding hydrogens is 697 g/mol. The summed E-state index contributed by atoms with van der Waals surface area (Å²) >= 11 is 0. The Morgan fingerprint density at radius 2 is 0.589 bits per heavy atom. The average molecular weight is 791 g/mol. The predicted molar refractivity (Wildman–Crippen MR) is 238 cm³/mol. The zero-order valence-corrected chi connectivity index (χ0v) is 37.7. The number of hydrogen-bond donors (Lipinski definition) is 0. The van der Waals surface area contributed by atoms with Crippen molar-refractivity contribution in [2.45, 2.75) is 277 Å². The SMILES string of the molecule is CCCCCCCC/C=C\CCCCCCCCCCCC(=O)OCC(COC(=O)CCCCCCCCCCC)OC(=O)CCCCCCCCCCCC. The molecule has 0 amide bonds. The lowest BCUT2D eigenvalue weighted by atomic mass is 10.1. The van der Waals surface area contributed by atoms with Crippen molar-refractivity contribution in [2.75, 3.05) is 13.2 Å². The van der Waals surface area contributed by atoms with Gasteiger partial charge in [0.05, 0.1) is 0 Å². The van der Waals surface area contributed by atoms with Crippen molar-refractivity contribution in [3.8, 4) is 0 Å². The number of unbranched alkanes of at least 4 members (excludes halogenated alkanes) is 32. The molecule has 330 valence electrons. The van der Waals surface area contributed by atoms with Gasteiger partial charge in [0.1, 0.15) is 13.2 Å². The number of carbonyl (C=O) groups excluding carboxylic acids is 3. The van der Waals surface area contributed by atoms with Gasteiger partial charge in [0.25, 0.3) is 0 Å². The maximum Gasteiger partial charge on any atom is 0.306 e. The Labute approximate surface area is 348 Å². The molecule has 1 atom stereocenters. The summed E-state index contributed by atoms with van der Waals surface area (Å²) in [6.45, 7) is 6.62. The highest BCUT2D eigenvalue weighted by molar-refractivity contribution is 5.71. The van der Waals surface area contributed by atoms with E-state index >= 15 is 0 Å². The van der Waals surface area contributed by atoms with Crippen LogP contribution in [0.1, 0.15) is 271 Å². The van der Waals surface area contributed by atoms with Crippen molar-refractivity contribution in [2.24, 2.45) is 0 Å². The molecule has 0 aromatic rings. The minimum Gasteiger partial charge on any atom is -0.462 e. The van der Waals surface area contributed by atoms with Crippen LogP contribution in [0.3, 0.4) is 0 Å². The molecule has 0 bridgehead atoms. The van der Waals surface area contributed by atoms with Gasteiger partial charge in [-0.1, -0.05) is 219 Å². The Balaban J connectivity index is 4.21. The third-order valence-corrected chi connectivity index (χ3v) is 11.0. The van der Waals surface area contributed by atoms with E-state index in [1.807, 2.05) is 0 Å². The first-order valence-electron chi connectivity index (χ1n) is 24.7. The second-order valence-corrected chi connectivity index (χ2v) is 16.7. The van der Waals surface area contributed by atoms with E-state index in [1.54, 1.807) is 0 Å². The molecule has 0 saturated carbocycles. The number of ether oxygens (including phenoxy) is 3. The van der Waals surface area contributed by atoms with Crippen LogP contribution in [0.25, 0.3) is 0 Å². The summed E-state index contributed by atoms with van der Waals surface area (Å²) in [5.41, 5.74) is 0. The zero-order chi connectivity index (χ0) is 40.8. The Bertz CT molecular complexity index is 870. The van der Waals surface area contributed by atoms with E-state index in [0.717, 1.165) is 57.8 Å². The van der Waals surface area contributed by atoms with Gasteiger partial charge in [-0.05, 0) is 44.9 Å². The van der Waals surface area contributed by atoms with Crippen LogP contribution in [0.5, 0.6) is 0 Å². The lowest BCUT2D eigenvalue weighted by Gasteiger charge is -2.18. The monoisotopic (exact) mass is 791 g/mol. The second kappa shape index (κ2) is 45.8. The van der Waals surface area contributed by atoms with Gasteiger partial charge in [-0.25, -0.2) is 0 Å². The average Bonchev–Trinajstić information content (AvgIpc) is 3.19. The standard InChI is InChI=1S/C50H94O6/c1-4-7-10-13-16-19-21-22-23-24-25-26-27-28-29-32-34-37-40-43-49(52)55-46-47(45-54-48(51)42-39-36-33-30-18-15-12-9-6-3)56-50(53)44-41-38-35-31-20-17-14-11-8-5-2/h22-23,47H,4-21,24-46H2,1-3H3/b23-22-. The maximum atomic E-state index is 12.7. The lowest BCUT2D eigenvalue weighted by molar-refractivity contribution is -0.167. The zero-order valence-electron chi connectivity index (χ0n) is 37.7. The first-order valence-corrected chi connectivity index (χ1v) is 24.7. The van der Waals surface area contributed by atoms with E-state index in [2.05, 4.69) is 32.9 Å². The van der Waals surface area contributed by atoms with Crippen molar-refractivity contribution < 1.29 is 28.6 Å². The largest absolute Gasteiger partial charge is 0.462 e. The van der Waals surface area contributed by atoms with Gasteiger partial charge in [0.15, 0.2) is 6.10 Å². The molecule has 6 heteroatoms. The number of rotatable bonds is 45. The number of esters is 3. The van der Waals surface area contributed by atoms with Crippen molar-refractivity contribution in [3.05, 3.63) is 12.2 Å². The Morgan fingerprint density at radius 1 is 0.339 bits per heavy atom. The second-order valence-electron chi connectivity index (χ2n) is 16.7. The van der Waals surface area contributed by atoms with Crippen LogP contribution in [-0.2, 0) is 28.6 Å². The van der Waals surface area contributed by atoms with Crippen LogP contribution >= 0.6 is 0 Å². The van der Waals surface area contributed by atoms with E-state index in [9.17, 15) is 14.4 Å². The summed E-state index contributed by atoms with van der Waals surface area (Å²) in [5.74, 6) is -0.861. The molecule has 0 aromatic heterocycles. The fraction of sp³-hybridized carbons (Fsp3) is 0.900. The third kappa shape index (κ3) is 43.3. The molecule has 0 fully saturated rings. The molecular formula is C50H94O6. The normalized spacial score (nSPS) is 12.0. The van der Waals surface area contributed by atoms with Gasteiger partial charge in [0.2, 0.25) is 0 Å². The Kier molecular flexibility index (Phi) is 44.3. The molecule has 0 N–H and O–H groups in total. The van der Waals surface area contributed by atoms with E-state index in [0.29, 0.717) is 19.3 Å². The summed E-state index contributed by atoms with van der Waals surface area (Å²) in [7, 11) is 0. The van der Waals surface area contributed by atoms with Crippen LogP contribution < -0.4 is 0 Å². The first-order chi connectivity index (χ1) is 27.5. The van der Waals surface area contributed by atoms with Crippen molar-refractivity contribution in [1.82, 2.24) is 0 Å². The van der Waals surface area contributed by atoms with Crippen LogP contribution in [0.2, 0.25) is 0 Å². The summed E-state index contributed by atoms with van der Waals surface area (Å²) < 4.78 is 16.7. The van der Waals surface area contributed by atoms with Crippen molar-refractivity contribution in [1.29, 1.82) is 0 Å². The summed E-state index contributed by atoms with van der Waals surface area (Å²) in [6, 6.07) is 0. The number of hydrogen-bond acceptors (Lipinski definition) is 6. The highest BCUT2D eigenvalue weighted by atomic mass is 16.6. The molecule has 0 aliphatic heterocycles. The van der Waals surface area contributed by atoms with Crippen LogP contribution in [0.4, 0.5) is 0 Å². The summed E-state index contributed by atoms with van der Waals surface area (Å²) in [4.78, 5) is 37.7.